The van der Waals surface area contributed by atoms with E-state index < -0.39 is 35.3 Å². The summed E-state index contributed by atoms with van der Waals surface area (Å²) in [7, 11) is 0.904. The van der Waals surface area contributed by atoms with Gasteiger partial charge in [0.1, 0.15) is 11.6 Å². The van der Waals surface area contributed by atoms with Gasteiger partial charge in [0.05, 0.1) is 12.7 Å². The van der Waals surface area contributed by atoms with E-state index >= 15 is 0 Å². The molecule has 0 aromatic carbocycles. The van der Waals surface area contributed by atoms with Crippen LogP contribution in [0.4, 0.5) is 22.0 Å². The van der Waals surface area contributed by atoms with Gasteiger partial charge in [-0.25, -0.2) is 13.8 Å². The first-order chi connectivity index (χ1) is 7.81. The lowest BCUT2D eigenvalue weighted by Gasteiger charge is -2.13. The number of pyridine rings is 1. The van der Waals surface area contributed by atoms with Gasteiger partial charge in [-0.1, -0.05) is 0 Å². The zero-order chi connectivity index (χ0) is 13.2. The summed E-state index contributed by atoms with van der Waals surface area (Å²) in [5, 5.41) is 8.50. The molecular weight excluding hydrogens is 247 g/mol. The second-order valence-electron chi connectivity index (χ2n) is 2.89. The maximum Gasteiger partial charge on any atom is 0.421 e. The zero-order valence-electron chi connectivity index (χ0n) is 8.35. The first-order valence-electron chi connectivity index (χ1n) is 4.15. The van der Waals surface area contributed by atoms with E-state index in [9.17, 15) is 22.0 Å². The van der Waals surface area contributed by atoms with Crippen LogP contribution >= 0.6 is 0 Å². The summed E-state index contributed by atoms with van der Waals surface area (Å²) in [5.74, 6) is -0.904. The number of methoxy groups -OCH3 is 1. The van der Waals surface area contributed by atoms with Crippen LogP contribution in [0.5, 0.6) is 5.88 Å². The van der Waals surface area contributed by atoms with Crippen molar-refractivity contribution >= 4 is 0 Å². The third-order valence-electron chi connectivity index (χ3n) is 1.86. The van der Waals surface area contributed by atoms with Crippen molar-refractivity contribution in [3.63, 3.8) is 0 Å². The number of hydrogen-bond acceptors (Lipinski definition) is 3. The Balaban J connectivity index is 3.52. The van der Waals surface area contributed by atoms with Gasteiger partial charge in [-0.15, -0.1) is 0 Å². The van der Waals surface area contributed by atoms with Crippen molar-refractivity contribution in [2.75, 3.05) is 7.11 Å². The Hall–Kier alpha value is -1.91. The van der Waals surface area contributed by atoms with Crippen molar-refractivity contribution in [2.45, 2.75) is 12.6 Å². The number of nitriles is 1. The van der Waals surface area contributed by atoms with E-state index in [0.717, 1.165) is 7.11 Å². The number of rotatable bonds is 2. The van der Waals surface area contributed by atoms with Gasteiger partial charge < -0.3 is 4.74 Å². The van der Waals surface area contributed by atoms with Gasteiger partial charge in [0.15, 0.2) is 5.69 Å². The molecule has 1 aromatic heterocycles. The van der Waals surface area contributed by atoms with E-state index in [0.29, 0.717) is 0 Å². The minimum Gasteiger partial charge on any atom is -0.481 e. The van der Waals surface area contributed by atoms with E-state index in [4.69, 9.17) is 5.26 Å². The van der Waals surface area contributed by atoms with E-state index in [-0.39, 0.29) is 6.07 Å². The topological polar surface area (TPSA) is 45.9 Å². The standard InChI is InChI=1S/C9H5F5N2O/c1-17-8-5(9(12,13)14)2-4(7(10)11)6(3-15)16-8/h2,7H,1H3. The van der Waals surface area contributed by atoms with Gasteiger partial charge in [-0.3, -0.25) is 0 Å². The molecule has 0 aliphatic carbocycles. The van der Waals surface area contributed by atoms with Gasteiger partial charge in [-0.05, 0) is 6.07 Å². The molecule has 0 unspecified atom stereocenters. The minimum atomic E-state index is -4.88. The molecule has 0 spiro atoms. The Bertz CT molecular complexity index is 464. The quantitative estimate of drug-likeness (QED) is 0.760. The number of hydrogen-bond donors (Lipinski definition) is 0. The summed E-state index contributed by atoms with van der Waals surface area (Å²) >= 11 is 0. The molecule has 0 aliphatic heterocycles. The Morgan fingerprint density at radius 2 is 2.00 bits per heavy atom. The lowest BCUT2D eigenvalue weighted by Crippen LogP contribution is -2.11. The largest absolute Gasteiger partial charge is 0.481 e. The summed E-state index contributed by atoms with van der Waals surface area (Å²) in [6.07, 6.45) is -8.10. The smallest absolute Gasteiger partial charge is 0.421 e. The lowest BCUT2D eigenvalue weighted by atomic mass is 10.1. The van der Waals surface area contributed by atoms with Crippen LogP contribution in [-0.4, -0.2) is 12.1 Å². The van der Waals surface area contributed by atoms with E-state index in [1.807, 2.05) is 0 Å². The van der Waals surface area contributed by atoms with E-state index in [1.54, 1.807) is 0 Å². The average molecular weight is 252 g/mol. The summed E-state index contributed by atoms with van der Waals surface area (Å²) in [4.78, 5) is 3.11. The van der Waals surface area contributed by atoms with E-state index in [1.165, 1.54) is 6.07 Å². The highest BCUT2D eigenvalue weighted by Gasteiger charge is 2.37. The average Bonchev–Trinajstić information content (AvgIpc) is 2.25. The van der Waals surface area contributed by atoms with Gasteiger partial charge in [0, 0.05) is 0 Å². The van der Waals surface area contributed by atoms with E-state index in [2.05, 4.69) is 9.72 Å². The van der Waals surface area contributed by atoms with Crippen molar-refractivity contribution in [2.24, 2.45) is 0 Å². The van der Waals surface area contributed by atoms with Crippen molar-refractivity contribution in [3.8, 4) is 11.9 Å². The molecule has 1 rings (SSSR count). The van der Waals surface area contributed by atoms with Crippen LogP contribution in [0.3, 0.4) is 0 Å². The van der Waals surface area contributed by atoms with Crippen LogP contribution in [-0.2, 0) is 6.18 Å². The second kappa shape index (κ2) is 4.53. The van der Waals surface area contributed by atoms with Gasteiger partial charge >= 0.3 is 6.18 Å². The summed E-state index contributed by atoms with van der Waals surface area (Å²) < 4.78 is 66.6. The number of nitrogens with zero attached hydrogens (tertiary/aromatic N) is 2. The van der Waals surface area contributed by atoms with Crippen LogP contribution in [0, 0.1) is 11.3 Å². The highest BCUT2D eigenvalue weighted by Crippen LogP contribution is 2.37. The van der Waals surface area contributed by atoms with Crippen LogP contribution in [0.15, 0.2) is 6.07 Å². The molecule has 0 bridgehead atoms. The number of alkyl halides is 5. The lowest BCUT2D eigenvalue weighted by molar-refractivity contribution is -0.139. The fourth-order valence-corrected chi connectivity index (χ4v) is 1.13. The third-order valence-corrected chi connectivity index (χ3v) is 1.86. The van der Waals surface area contributed by atoms with Gasteiger partial charge in [0.25, 0.3) is 6.43 Å². The molecule has 0 amide bonds. The molecule has 92 valence electrons. The molecule has 1 aromatic rings. The molecule has 0 saturated heterocycles. The normalized spacial score (nSPS) is 11.4. The van der Waals surface area contributed by atoms with Crippen molar-refractivity contribution in [3.05, 3.63) is 22.9 Å². The fourth-order valence-electron chi connectivity index (χ4n) is 1.13. The highest BCUT2D eigenvalue weighted by atomic mass is 19.4. The molecule has 0 saturated carbocycles. The van der Waals surface area contributed by atoms with Crippen LogP contribution in [0.1, 0.15) is 23.2 Å². The van der Waals surface area contributed by atoms with Gasteiger partial charge in [0.2, 0.25) is 5.88 Å². The SMILES string of the molecule is COc1nc(C#N)c(C(F)F)cc1C(F)(F)F. The molecule has 3 nitrogen and oxygen atoms in total. The fraction of sp³-hybridized carbons (Fsp3) is 0.333. The maximum atomic E-state index is 12.5. The molecule has 0 fully saturated rings. The van der Waals surface area contributed by atoms with Crippen LogP contribution in [0.25, 0.3) is 0 Å². The second-order valence-corrected chi connectivity index (χ2v) is 2.89. The van der Waals surface area contributed by atoms with Crippen molar-refractivity contribution in [1.82, 2.24) is 4.98 Å². The third kappa shape index (κ3) is 2.61. The molecular formula is C9H5F5N2O. The summed E-state index contributed by atoms with van der Waals surface area (Å²) in [5.41, 5.74) is -3.29. The summed E-state index contributed by atoms with van der Waals surface area (Å²) in [6, 6.07) is 1.47. The maximum absolute atomic E-state index is 12.5. The monoisotopic (exact) mass is 252 g/mol. The molecule has 0 aliphatic rings. The summed E-state index contributed by atoms with van der Waals surface area (Å²) in [6.45, 7) is 0. The number of aromatic nitrogens is 1. The Morgan fingerprint density at radius 1 is 1.41 bits per heavy atom. The van der Waals surface area contributed by atoms with Gasteiger partial charge in [-0.2, -0.15) is 18.4 Å². The Labute approximate surface area is 92.4 Å². The molecule has 0 radical (unpaired) electrons. The Morgan fingerprint density at radius 3 is 2.35 bits per heavy atom. The van der Waals surface area contributed by atoms with Crippen molar-refractivity contribution < 1.29 is 26.7 Å². The minimum absolute atomic E-state index is 0.176. The van der Waals surface area contributed by atoms with Crippen LogP contribution in [0.2, 0.25) is 0 Å². The first-order valence-corrected chi connectivity index (χ1v) is 4.15. The zero-order valence-corrected chi connectivity index (χ0v) is 8.35. The Kier molecular flexibility index (Phi) is 3.50. The molecule has 1 heterocycles. The molecule has 0 atom stereocenters. The first kappa shape index (κ1) is 13.2. The molecule has 0 N–H and O–H groups in total. The van der Waals surface area contributed by atoms with Crippen LogP contribution < -0.4 is 4.74 Å². The predicted octanol–water partition coefficient (Wildman–Crippen LogP) is 2.92. The molecule has 8 heteroatoms. The predicted molar refractivity (Wildman–Crippen MR) is 45.5 cm³/mol. The highest BCUT2D eigenvalue weighted by molar-refractivity contribution is 5.41. The molecule has 17 heavy (non-hydrogen) atoms. The van der Waals surface area contributed by atoms with Crippen molar-refractivity contribution in [1.29, 1.82) is 5.26 Å². The number of halogens is 5. The number of ether oxygens (including phenoxy) is 1.